The number of carbonyl (C=O) groups excluding carboxylic acids is 4. The predicted octanol–water partition coefficient (Wildman–Crippen LogP) is 1.60. The highest BCUT2D eigenvalue weighted by molar-refractivity contribution is 5.92. The Balaban J connectivity index is 1.45. The number of ether oxygens (including phenoxy) is 2. The number of amides is 5. The van der Waals surface area contributed by atoms with Crippen molar-refractivity contribution in [1.82, 2.24) is 31.1 Å². The van der Waals surface area contributed by atoms with Gasteiger partial charge < -0.3 is 40.7 Å². The number of morpholine rings is 2. The molecule has 1 aliphatic carbocycles. The number of alkyl halides is 2. The van der Waals surface area contributed by atoms with Crippen LogP contribution in [0.25, 0.3) is 0 Å². The van der Waals surface area contributed by atoms with Crippen molar-refractivity contribution in [1.29, 1.82) is 0 Å². The highest BCUT2D eigenvalue weighted by Crippen LogP contribution is 2.31. The first-order chi connectivity index (χ1) is 24.6. The Labute approximate surface area is 298 Å². The minimum atomic E-state index is -4.21. The van der Waals surface area contributed by atoms with Gasteiger partial charge in [-0.3, -0.25) is 19.3 Å². The van der Waals surface area contributed by atoms with Crippen molar-refractivity contribution in [2.24, 2.45) is 5.92 Å². The van der Waals surface area contributed by atoms with Crippen molar-refractivity contribution in [3.05, 3.63) is 48.6 Å². The molecule has 284 valence electrons. The minimum absolute atomic E-state index is 0.0323. The second-order valence-corrected chi connectivity index (χ2v) is 13.5. The molecule has 4 atom stereocenters. The molecule has 2 heterocycles. The van der Waals surface area contributed by atoms with Crippen molar-refractivity contribution in [2.75, 3.05) is 65.7 Å². The molecule has 5 N–H and O–H groups in total. The Hall–Kier alpha value is -3.66. The third-order valence-corrected chi connectivity index (χ3v) is 9.74. The summed E-state index contributed by atoms with van der Waals surface area (Å²) in [5.41, 5.74) is 0.769. The van der Waals surface area contributed by atoms with E-state index in [1.807, 2.05) is 23.1 Å². The molecule has 1 unspecified atom stereocenters. The van der Waals surface area contributed by atoms with Gasteiger partial charge in [-0.1, -0.05) is 68.5 Å². The molecule has 0 bridgehead atoms. The zero-order valence-corrected chi connectivity index (χ0v) is 29.3. The second-order valence-electron chi connectivity index (χ2n) is 13.5. The largest absolute Gasteiger partial charge is 0.384 e. The summed E-state index contributed by atoms with van der Waals surface area (Å²) >= 11 is 0. The fraction of sp³-hybridized carbons (Fsp3) is 0.667. The van der Waals surface area contributed by atoms with Crippen LogP contribution in [0.15, 0.2) is 43.0 Å². The van der Waals surface area contributed by atoms with Gasteiger partial charge in [-0.2, -0.15) is 8.78 Å². The van der Waals surface area contributed by atoms with Gasteiger partial charge in [-0.15, -0.1) is 6.58 Å². The SMILES string of the molecule is C=CC[C@H](NC(=O)[C@H](Cc1ccccc1)NC(=O)N1CCOCC1)C(=O)N[C@@H](CC1CCCCC1)C(O)C(F)(F)C(=O)NCCN1CCOCC1. The van der Waals surface area contributed by atoms with Crippen LogP contribution < -0.4 is 21.3 Å². The van der Waals surface area contributed by atoms with E-state index in [0.717, 1.165) is 37.7 Å². The topological polar surface area (TPSA) is 162 Å². The average molecular weight is 721 g/mol. The Kier molecular flexibility index (Phi) is 16.0. The number of aliphatic hydroxyl groups is 1. The molecule has 3 fully saturated rings. The zero-order valence-electron chi connectivity index (χ0n) is 29.3. The summed E-state index contributed by atoms with van der Waals surface area (Å²) in [6.07, 6.45) is 3.28. The zero-order chi connectivity index (χ0) is 36.6. The Morgan fingerprint density at radius 2 is 1.53 bits per heavy atom. The summed E-state index contributed by atoms with van der Waals surface area (Å²) in [6, 6.07) is 4.79. The second kappa shape index (κ2) is 20.4. The molecule has 51 heavy (non-hydrogen) atoms. The van der Waals surface area contributed by atoms with Gasteiger partial charge in [-0.05, 0) is 24.3 Å². The fourth-order valence-corrected chi connectivity index (χ4v) is 6.73. The lowest BCUT2D eigenvalue weighted by Crippen LogP contribution is -2.61. The lowest BCUT2D eigenvalue weighted by Gasteiger charge is -2.34. The number of hydrogen-bond donors (Lipinski definition) is 5. The van der Waals surface area contributed by atoms with E-state index in [1.54, 1.807) is 17.0 Å². The quantitative estimate of drug-likeness (QED) is 0.152. The number of nitrogens with zero attached hydrogens (tertiary/aromatic N) is 2. The van der Waals surface area contributed by atoms with Gasteiger partial charge >= 0.3 is 12.0 Å². The molecular formula is C36H54F2N6O7. The number of aliphatic hydroxyl groups excluding tert-OH is 1. The Morgan fingerprint density at radius 3 is 2.18 bits per heavy atom. The molecule has 4 rings (SSSR count). The van der Waals surface area contributed by atoms with Crippen molar-refractivity contribution in [3.63, 3.8) is 0 Å². The lowest BCUT2D eigenvalue weighted by molar-refractivity contribution is -0.168. The average Bonchev–Trinajstić information content (AvgIpc) is 3.15. The van der Waals surface area contributed by atoms with E-state index in [1.165, 1.54) is 6.08 Å². The molecule has 1 aromatic carbocycles. The van der Waals surface area contributed by atoms with Crippen LogP contribution in [0.3, 0.4) is 0 Å². The molecule has 0 radical (unpaired) electrons. The van der Waals surface area contributed by atoms with Gasteiger partial charge in [0, 0.05) is 45.7 Å². The summed E-state index contributed by atoms with van der Waals surface area (Å²) in [4.78, 5) is 56.9. The standard InChI is InChI=1S/C36H54F2N6O7/c1-2-9-28(40-33(47)30(25-27-12-7-4-8-13-27)42-35(49)44-18-22-51-23-19-44)32(46)41-29(24-26-10-5-3-6-11-26)31(45)36(37,38)34(48)39-14-15-43-16-20-50-21-17-43/h2,4,7-8,12-13,26,28-31,45H,1,3,5-6,9-11,14-25H2,(H,39,48)(H,40,47)(H,41,46)(H,42,49)/t28-,29-,30-,31?/m0/s1. The van der Waals surface area contributed by atoms with E-state index in [4.69, 9.17) is 9.47 Å². The van der Waals surface area contributed by atoms with E-state index in [0.29, 0.717) is 59.2 Å². The first kappa shape index (κ1) is 40.1. The minimum Gasteiger partial charge on any atom is -0.384 e. The van der Waals surface area contributed by atoms with Crippen LogP contribution in [0.5, 0.6) is 0 Å². The monoisotopic (exact) mass is 720 g/mol. The van der Waals surface area contributed by atoms with E-state index < -0.39 is 53.9 Å². The van der Waals surface area contributed by atoms with Gasteiger partial charge in [0.1, 0.15) is 18.2 Å². The number of urea groups is 1. The molecule has 1 saturated carbocycles. The smallest absolute Gasteiger partial charge is 0.351 e. The molecule has 5 amide bonds. The molecule has 2 saturated heterocycles. The molecule has 3 aliphatic rings. The number of rotatable bonds is 17. The van der Waals surface area contributed by atoms with Crippen LogP contribution in [0.1, 0.15) is 50.5 Å². The predicted molar refractivity (Wildman–Crippen MR) is 186 cm³/mol. The molecular weight excluding hydrogens is 666 g/mol. The van der Waals surface area contributed by atoms with Crippen LogP contribution in [0, 0.1) is 5.92 Å². The van der Waals surface area contributed by atoms with Crippen LogP contribution >= 0.6 is 0 Å². The van der Waals surface area contributed by atoms with Gasteiger partial charge in [0.15, 0.2) is 0 Å². The van der Waals surface area contributed by atoms with Crippen molar-refractivity contribution >= 4 is 23.8 Å². The van der Waals surface area contributed by atoms with E-state index in [-0.39, 0.29) is 31.7 Å². The molecule has 0 spiro atoms. The third kappa shape index (κ3) is 12.5. The van der Waals surface area contributed by atoms with Crippen LogP contribution in [0.2, 0.25) is 0 Å². The molecule has 15 heteroatoms. The number of nitrogens with one attached hydrogen (secondary N) is 4. The number of halogens is 2. The highest BCUT2D eigenvalue weighted by atomic mass is 19.3. The first-order valence-electron chi connectivity index (χ1n) is 18.1. The number of hydrogen-bond acceptors (Lipinski definition) is 8. The normalized spacial score (nSPS) is 19.9. The van der Waals surface area contributed by atoms with Gasteiger partial charge in [0.25, 0.3) is 5.91 Å². The van der Waals surface area contributed by atoms with Crippen molar-refractivity contribution in [2.45, 2.75) is 81.5 Å². The highest BCUT2D eigenvalue weighted by Gasteiger charge is 2.51. The summed E-state index contributed by atoms with van der Waals surface area (Å²) in [5, 5.41) is 21.3. The maximum atomic E-state index is 15.6. The Morgan fingerprint density at radius 1 is 0.902 bits per heavy atom. The van der Waals surface area contributed by atoms with Gasteiger partial charge in [-0.25, -0.2) is 4.79 Å². The van der Waals surface area contributed by atoms with Crippen LogP contribution in [-0.4, -0.2) is 135 Å². The van der Waals surface area contributed by atoms with Crippen LogP contribution in [-0.2, 0) is 30.3 Å². The first-order valence-corrected chi connectivity index (χ1v) is 18.1. The molecule has 13 nitrogen and oxygen atoms in total. The maximum Gasteiger partial charge on any atom is 0.351 e. The van der Waals surface area contributed by atoms with E-state index in [2.05, 4.69) is 27.8 Å². The fourth-order valence-electron chi connectivity index (χ4n) is 6.73. The lowest BCUT2D eigenvalue weighted by atomic mass is 9.82. The summed E-state index contributed by atoms with van der Waals surface area (Å²) in [6.45, 7) is 7.75. The molecule has 1 aromatic rings. The van der Waals surface area contributed by atoms with Crippen molar-refractivity contribution < 1.29 is 42.5 Å². The van der Waals surface area contributed by atoms with Crippen molar-refractivity contribution in [3.8, 4) is 0 Å². The summed E-state index contributed by atoms with van der Waals surface area (Å²) in [5.74, 6) is -7.35. The summed E-state index contributed by atoms with van der Waals surface area (Å²) < 4.78 is 41.8. The number of benzene rings is 1. The van der Waals surface area contributed by atoms with E-state index in [9.17, 15) is 24.3 Å². The van der Waals surface area contributed by atoms with Gasteiger partial charge in [0.2, 0.25) is 11.8 Å². The van der Waals surface area contributed by atoms with E-state index >= 15 is 8.78 Å². The number of carbonyl (C=O) groups is 4. The molecule has 0 aromatic heterocycles. The van der Waals surface area contributed by atoms with Gasteiger partial charge in [0.05, 0.1) is 32.5 Å². The molecule has 2 aliphatic heterocycles. The summed E-state index contributed by atoms with van der Waals surface area (Å²) in [7, 11) is 0. The van der Waals surface area contributed by atoms with Crippen LogP contribution in [0.4, 0.5) is 13.6 Å². The maximum absolute atomic E-state index is 15.6. The Bertz CT molecular complexity index is 1270. The third-order valence-electron chi connectivity index (χ3n) is 9.74.